The van der Waals surface area contributed by atoms with Crippen LogP contribution >= 0.6 is 15.9 Å². The molecule has 0 saturated carbocycles. The molecule has 2 unspecified atom stereocenters. The minimum atomic E-state index is -3.84. The third-order valence-corrected chi connectivity index (χ3v) is 5.84. The van der Waals surface area contributed by atoms with Gasteiger partial charge in [-0.1, -0.05) is 0 Å². The van der Waals surface area contributed by atoms with Gasteiger partial charge in [-0.15, -0.1) is 0 Å². The van der Waals surface area contributed by atoms with Crippen molar-refractivity contribution >= 4 is 31.9 Å². The SMILES string of the molecule is CC1CN(S(=O)(=O)c2cc(C(=O)O)oc2Br)C(C)CO1. The molecule has 20 heavy (non-hydrogen) atoms. The quantitative estimate of drug-likeness (QED) is 0.869. The van der Waals surface area contributed by atoms with Gasteiger partial charge >= 0.3 is 5.97 Å². The zero-order chi connectivity index (χ0) is 15.1. The van der Waals surface area contributed by atoms with Crippen LogP contribution in [0.25, 0.3) is 0 Å². The van der Waals surface area contributed by atoms with Crippen LogP contribution in [0.1, 0.15) is 24.4 Å². The molecule has 1 aromatic heterocycles. The summed E-state index contributed by atoms with van der Waals surface area (Å²) in [4.78, 5) is 10.7. The molecule has 1 saturated heterocycles. The summed E-state index contributed by atoms with van der Waals surface area (Å²) < 4.78 is 36.6. The van der Waals surface area contributed by atoms with Crippen LogP contribution in [-0.4, -0.2) is 49.1 Å². The number of carboxylic acid groups (broad SMARTS) is 1. The van der Waals surface area contributed by atoms with Crippen molar-refractivity contribution in [3.05, 3.63) is 16.5 Å². The van der Waals surface area contributed by atoms with E-state index in [0.29, 0.717) is 6.61 Å². The molecule has 0 aliphatic carbocycles. The molecule has 7 nitrogen and oxygen atoms in total. The Labute approximate surface area is 124 Å². The largest absolute Gasteiger partial charge is 0.475 e. The van der Waals surface area contributed by atoms with E-state index in [2.05, 4.69) is 15.9 Å². The molecule has 0 radical (unpaired) electrons. The highest BCUT2D eigenvalue weighted by Crippen LogP contribution is 2.31. The van der Waals surface area contributed by atoms with Gasteiger partial charge in [-0.25, -0.2) is 13.2 Å². The molecule has 1 aromatic rings. The predicted octanol–water partition coefficient (Wildman–Crippen LogP) is 1.54. The lowest BCUT2D eigenvalue weighted by Gasteiger charge is -2.35. The van der Waals surface area contributed by atoms with Gasteiger partial charge in [-0.3, -0.25) is 0 Å². The van der Waals surface area contributed by atoms with Crippen molar-refractivity contribution < 1.29 is 27.5 Å². The van der Waals surface area contributed by atoms with Gasteiger partial charge in [0.25, 0.3) is 0 Å². The zero-order valence-electron chi connectivity index (χ0n) is 10.9. The monoisotopic (exact) mass is 367 g/mol. The summed E-state index contributed by atoms with van der Waals surface area (Å²) in [6.45, 7) is 4.02. The zero-order valence-corrected chi connectivity index (χ0v) is 13.3. The topological polar surface area (TPSA) is 97.1 Å². The molecule has 1 aliphatic rings. The highest BCUT2D eigenvalue weighted by molar-refractivity contribution is 9.10. The molecular formula is C11H14BrNO6S. The Morgan fingerprint density at radius 2 is 2.15 bits per heavy atom. The third kappa shape index (κ3) is 2.76. The second-order valence-corrected chi connectivity index (χ2v) is 7.20. The molecule has 1 N–H and O–H groups in total. The minimum absolute atomic E-state index is 0.110. The van der Waals surface area contributed by atoms with Gasteiger partial charge in [0.05, 0.1) is 12.7 Å². The van der Waals surface area contributed by atoms with E-state index in [9.17, 15) is 13.2 Å². The molecule has 0 bridgehead atoms. The molecule has 9 heteroatoms. The molecule has 0 spiro atoms. The number of rotatable bonds is 3. The Balaban J connectivity index is 2.41. The summed E-state index contributed by atoms with van der Waals surface area (Å²) in [6, 6.07) is 0.681. The number of ether oxygens (including phenoxy) is 1. The first-order chi connectivity index (χ1) is 9.23. The normalized spacial score (nSPS) is 24.8. The molecular weight excluding hydrogens is 354 g/mol. The number of carboxylic acids is 1. The number of halogens is 1. The van der Waals surface area contributed by atoms with Crippen molar-refractivity contribution in [1.82, 2.24) is 4.31 Å². The summed E-state index contributed by atoms with van der Waals surface area (Å²) in [5.41, 5.74) is 0. The van der Waals surface area contributed by atoms with Crippen molar-refractivity contribution in [3.8, 4) is 0 Å². The lowest BCUT2D eigenvalue weighted by atomic mass is 10.2. The van der Waals surface area contributed by atoms with E-state index in [4.69, 9.17) is 14.3 Å². The van der Waals surface area contributed by atoms with Crippen LogP contribution in [0.5, 0.6) is 0 Å². The number of hydrogen-bond donors (Lipinski definition) is 1. The maximum atomic E-state index is 12.6. The number of nitrogens with zero attached hydrogens (tertiary/aromatic N) is 1. The Morgan fingerprint density at radius 3 is 2.70 bits per heavy atom. The standard InChI is InChI=1S/C11H14BrNO6S/c1-6-5-18-7(2)4-13(6)20(16,17)9-3-8(11(14)15)19-10(9)12/h3,6-7H,4-5H2,1-2H3,(H,14,15). The van der Waals surface area contributed by atoms with Crippen LogP contribution in [-0.2, 0) is 14.8 Å². The predicted molar refractivity (Wildman–Crippen MR) is 72.1 cm³/mol. The second kappa shape index (κ2) is 5.47. The van der Waals surface area contributed by atoms with Gasteiger partial charge in [-0.05, 0) is 29.8 Å². The highest BCUT2D eigenvalue weighted by Gasteiger charge is 2.37. The second-order valence-electron chi connectivity index (χ2n) is 4.62. The smallest absolute Gasteiger partial charge is 0.371 e. The van der Waals surface area contributed by atoms with Crippen LogP contribution in [0.3, 0.4) is 0 Å². The fourth-order valence-electron chi connectivity index (χ4n) is 1.97. The summed E-state index contributed by atoms with van der Waals surface area (Å²) in [7, 11) is -3.84. The van der Waals surface area contributed by atoms with Crippen molar-refractivity contribution in [2.24, 2.45) is 0 Å². The van der Waals surface area contributed by atoms with Gasteiger partial charge < -0.3 is 14.3 Å². The first-order valence-electron chi connectivity index (χ1n) is 5.89. The summed E-state index contributed by atoms with van der Waals surface area (Å²) in [6.07, 6.45) is -0.217. The van der Waals surface area contributed by atoms with E-state index < -0.39 is 21.8 Å². The van der Waals surface area contributed by atoms with Crippen LogP contribution in [0.15, 0.2) is 20.0 Å². The lowest BCUT2D eigenvalue weighted by Crippen LogP contribution is -2.50. The van der Waals surface area contributed by atoms with Crippen molar-refractivity contribution in [2.75, 3.05) is 13.2 Å². The maximum absolute atomic E-state index is 12.6. The minimum Gasteiger partial charge on any atom is -0.475 e. The van der Waals surface area contributed by atoms with Gasteiger partial charge in [0.15, 0.2) is 4.67 Å². The number of sulfonamides is 1. The van der Waals surface area contributed by atoms with E-state index >= 15 is 0 Å². The van der Waals surface area contributed by atoms with Gasteiger partial charge in [0.2, 0.25) is 15.8 Å². The van der Waals surface area contributed by atoms with Crippen LogP contribution < -0.4 is 0 Å². The summed E-state index contributed by atoms with van der Waals surface area (Å²) >= 11 is 2.96. The number of morpholine rings is 1. The third-order valence-electron chi connectivity index (χ3n) is 3.00. The van der Waals surface area contributed by atoms with E-state index in [0.717, 1.165) is 6.07 Å². The first kappa shape index (κ1) is 15.5. The molecule has 1 aliphatic heterocycles. The fourth-order valence-corrected chi connectivity index (χ4v) is 4.56. The Bertz CT molecular complexity index is 625. The molecule has 112 valence electrons. The first-order valence-corrected chi connectivity index (χ1v) is 8.13. The molecule has 2 atom stereocenters. The van der Waals surface area contributed by atoms with E-state index in [1.54, 1.807) is 13.8 Å². The van der Waals surface area contributed by atoms with Crippen molar-refractivity contribution in [3.63, 3.8) is 0 Å². The van der Waals surface area contributed by atoms with Crippen LogP contribution in [0.2, 0.25) is 0 Å². The Kier molecular flexibility index (Phi) is 4.24. The molecule has 1 fully saturated rings. The number of hydrogen-bond acceptors (Lipinski definition) is 5. The average molecular weight is 368 g/mol. The van der Waals surface area contributed by atoms with Crippen molar-refractivity contribution in [1.29, 1.82) is 0 Å². The van der Waals surface area contributed by atoms with Crippen molar-refractivity contribution in [2.45, 2.75) is 30.9 Å². The van der Waals surface area contributed by atoms with Gasteiger partial charge in [0.1, 0.15) is 4.90 Å². The van der Waals surface area contributed by atoms with Gasteiger partial charge in [-0.2, -0.15) is 4.31 Å². The highest BCUT2D eigenvalue weighted by atomic mass is 79.9. The molecule has 0 aromatic carbocycles. The van der Waals surface area contributed by atoms with Gasteiger partial charge in [0, 0.05) is 18.7 Å². The Morgan fingerprint density at radius 1 is 1.50 bits per heavy atom. The number of furan rings is 1. The van der Waals surface area contributed by atoms with E-state index in [1.165, 1.54) is 4.31 Å². The average Bonchev–Trinajstić information content (AvgIpc) is 2.75. The Hall–Kier alpha value is -0.900. The number of aromatic carboxylic acids is 1. The maximum Gasteiger partial charge on any atom is 0.371 e. The molecule has 2 heterocycles. The molecule has 0 amide bonds. The summed E-state index contributed by atoms with van der Waals surface area (Å²) in [5, 5.41) is 8.85. The van der Waals surface area contributed by atoms with E-state index in [-0.39, 0.29) is 28.3 Å². The fraction of sp³-hybridized carbons (Fsp3) is 0.545. The lowest BCUT2D eigenvalue weighted by molar-refractivity contribution is -0.0170. The van der Waals surface area contributed by atoms with Crippen LogP contribution in [0.4, 0.5) is 0 Å². The van der Waals surface area contributed by atoms with E-state index in [1.807, 2.05) is 0 Å². The molecule has 2 rings (SSSR count). The number of carbonyl (C=O) groups is 1. The van der Waals surface area contributed by atoms with Crippen LogP contribution in [0, 0.1) is 0 Å². The summed E-state index contributed by atoms with van der Waals surface area (Å²) in [5.74, 6) is -1.75.